The van der Waals surface area contributed by atoms with Gasteiger partial charge in [0.2, 0.25) is 0 Å². The van der Waals surface area contributed by atoms with Crippen LogP contribution in [0.3, 0.4) is 0 Å². The molecular weight excluding hydrogens is 266 g/mol. The Kier molecular flexibility index (Phi) is 3.83. The Hall–Kier alpha value is -1.29. The van der Waals surface area contributed by atoms with Crippen molar-refractivity contribution in [3.63, 3.8) is 0 Å². The first kappa shape index (κ1) is 13.7. The fraction of sp³-hybridized carbons (Fsp3) is 0.562. The van der Waals surface area contributed by atoms with Crippen LogP contribution in [0.25, 0.3) is 0 Å². The molecule has 0 radical (unpaired) electrons. The number of nitrogens with zero attached hydrogens (tertiary/aromatic N) is 2. The third-order valence-corrected chi connectivity index (χ3v) is 5.49. The molecule has 0 bridgehead atoms. The van der Waals surface area contributed by atoms with Gasteiger partial charge >= 0.3 is 0 Å². The van der Waals surface area contributed by atoms with Gasteiger partial charge in [-0.25, -0.2) is 0 Å². The molecule has 1 atom stereocenters. The van der Waals surface area contributed by atoms with Crippen molar-refractivity contribution in [2.24, 2.45) is 13.0 Å². The fourth-order valence-electron chi connectivity index (χ4n) is 3.32. The predicted octanol–water partition coefficient (Wildman–Crippen LogP) is 4.44. The number of aromatic nitrogens is 2. The van der Waals surface area contributed by atoms with E-state index in [0.717, 1.165) is 11.6 Å². The van der Waals surface area contributed by atoms with Gasteiger partial charge in [-0.05, 0) is 44.1 Å². The summed E-state index contributed by atoms with van der Waals surface area (Å²) in [5.41, 5.74) is 3.55. The molecule has 1 aliphatic carbocycles. The van der Waals surface area contributed by atoms with Crippen molar-refractivity contribution in [3.8, 4) is 0 Å². The first-order chi connectivity index (χ1) is 9.66. The minimum Gasteiger partial charge on any atom is -0.374 e. The second-order valence-corrected chi connectivity index (χ2v) is 6.83. The summed E-state index contributed by atoms with van der Waals surface area (Å²) in [5.74, 6) is 0.757. The number of hydrogen-bond acceptors (Lipinski definition) is 3. The first-order valence-corrected chi connectivity index (χ1v) is 8.35. The summed E-state index contributed by atoms with van der Waals surface area (Å²) in [6.07, 6.45) is 5.43. The van der Waals surface area contributed by atoms with Crippen LogP contribution >= 0.6 is 11.3 Å². The molecule has 0 saturated heterocycles. The van der Waals surface area contributed by atoms with Crippen molar-refractivity contribution in [1.29, 1.82) is 0 Å². The summed E-state index contributed by atoms with van der Waals surface area (Å²) in [6.45, 7) is 4.23. The summed E-state index contributed by atoms with van der Waals surface area (Å²) in [7, 11) is 2.02. The van der Waals surface area contributed by atoms with Crippen LogP contribution < -0.4 is 5.32 Å². The van der Waals surface area contributed by atoms with E-state index in [1.165, 1.54) is 41.9 Å². The van der Waals surface area contributed by atoms with Gasteiger partial charge in [-0.15, -0.1) is 11.3 Å². The van der Waals surface area contributed by atoms with Crippen molar-refractivity contribution in [3.05, 3.63) is 33.8 Å². The Morgan fingerprint density at radius 1 is 1.35 bits per heavy atom. The Balaban J connectivity index is 1.90. The smallest absolute Gasteiger partial charge is 0.0828 e. The standard InChI is InChI=1S/C16H23N3S/c1-11-15(12(2)19(3)18-11)17-16(13-7-4-5-8-13)14-9-6-10-20-14/h6,9-10,13,16-17H,4-5,7-8H2,1-3H3. The number of anilines is 1. The van der Waals surface area contributed by atoms with E-state index in [-0.39, 0.29) is 0 Å². The van der Waals surface area contributed by atoms with Gasteiger partial charge in [0.25, 0.3) is 0 Å². The Bertz CT molecular complexity index is 565. The van der Waals surface area contributed by atoms with Crippen LogP contribution in [0.2, 0.25) is 0 Å². The third kappa shape index (κ3) is 2.49. The molecular formula is C16H23N3S. The molecule has 1 fully saturated rings. The second kappa shape index (κ2) is 5.60. The highest BCUT2D eigenvalue weighted by Crippen LogP contribution is 2.40. The molecule has 2 heterocycles. The summed E-state index contributed by atoms with van der Waals surface area (Å²) < 4.78 is 1.97. The molecule has 2 aromatic rings. The molecule has 20 heavy (non-hydrogen) atoms. The highest BCUT2D eigenvalue weighted by atomic mass is 32.1. The molecule has 0 spiro atoms. The molecule has 2 aromatic heterocycles. The molecule has 3 rings (SSSR count). The van der Waals surface area contributed by atoms with Crippen LogP contribution in [0, 0.1) is 19.8 Å². The zero-order chi connectivity index (χ0) is 14.1. The van der Waals surface area contributed by atoms with Crippen LogP contribution in [0.4, 0.5) is 5.69 Å². The minimum atomic E-state index is 0.444. The predicted molar refractivity (Wildman–Crippen MR) is 85.3 cm³/mol. The SMILES string of the molecule is Cc1nn(C)c(C)c1NC(c1cccs1)C1CCCC1. The largest absolute Gasteiger partial charge is 0.374 e. The van der Waals surface area contributed by atoms with Crippen molar-refractivity contribution in [2.75, 3.05) is 5.32 Å². The number of thiophene rings is 1. The highest BCUT2D eigenvalue weighted by Gasteiger charge is 2.28. The van der Waals surface area contributed by atoms with E-state index in [1.54, 1.807) is 0 Å². The molecule has 0 aromatic carbocycles. The number of hydrogen-bond donors (Lipinski definition) is 1. The van der Waals surface area contributed by atoms with Gasteiger partial charge in [0, 0.05) is 11.9 Å². The molecule has 0 aliphatic heterocycles. The lowest BCUT2D eigenvalue weighted by Crippen LogP contribution is -2.18. The van der Waals surface area contributed by atoms with Crippen molar-refractivity contribution >= 4 is 17.0 Å². The van der Waals surface area contributed by atoms with Gasteiger partial charge in [0.05, 0.1) is 23.1 Å². The molecule has 0 amide bonds. The van der Waals surface area contributed by atoms with Gasteiger partial charge in [-0.1, -0.05) is 18.9 Å². The van der Waals surface area contributed by atoms with Gasteiger partial charge in [-0.3, -0.25) is 4.68 Å². The molecule has 108 valence electrons. The van der Waals surface area contributed by atoms with Gasteiger partial charge < -0.3 is 5.32 Å². The van der Waals surface area contributed by atoms with Crippen LogP contribution in [-0.4, -0.2) is 9.78 Å². The van der Waals surface area contributed by atoms with Crippen LogP contribution in [0.1, 0.15) is 48.0 Å². The fourth-order valence-corrected chi connectivity index (χ4v) is 4.19. The average molecular weight is 289 g/mol. The van der Waals surface area contributed by atoms with E-state index in [4.69, 9.17) is 0 Å². The van der Waals surface area contributed by atoms with E-state index in [9.17, 15) is 0 Å². The first-order valence-electron chi connectivity index (χ1n) is 7.47. The van der Waals surface area contributed by atoms with Crippen molar-refractivity contribution in [2.45, 2.75) is 45.6 Å². The van der Waals surface area contributed by atoms with Crippen LogP contribution in [0.5, 0.6) is 0 Å². The summed E-state index contributed by atoms with van der Waals surface area (Å²) in [5, 5.41) is 10.5. The molecule has 4 heteroatoms. The van der Waals surface area contributed by atoms with Crippen LogP contribution in [0.15, 0.2) is 17.5 Å². The summed E-state index contributed by atoms with van der Waals surface area (Å²) >= 11 is 1.87. The monoisotopic (exact) mass is 289 g/mol. The summed E-state index contributed by atoms with van der Waals surface area (Å²) in [4.78, 5) is 1.46. The molecule has 1 unspecified atom stereocenters. The average Bonchev–Trinajstić information content (AvgIpc) is 3.14. The van der Waals surface area contributed by atoms with E-state index < -0.39 is 0 Å². The maximum absolute atomic E-state index is 4.53. The third-order valence-electron chi connectivity index (χ3n) is 4.53. The molecule has 3 nitrogen and oxygen atoms in total. The normalized spacial score (nSPS) is 17.6. The number of nitrogens with one attached hydrogen (secondary N) is 1. The zero-order valence-corrected chi connectivity index (χ0v) is 13.3. The van der Waals surface area contributed by atoms with E-state index in [1.807, 2.05) is 23.1 Å². The lowest BCUT2D eigenvalue weighted by Gasteiger charge is -2.25. The van der Waals surface area contributed by atoms with Crippen molar-refractivity contribution < 1.29 is 0 Å². The molecule has 1 N–H and O–H groups in total. The van der Waals surface area contributed by atoms with Gasteiger partial charge in [0.15, 0.2) is 0 Å². The number of aryl methyl sites for hydroxylation is 2. The van der Waals surface area contributed by atoms with E-state index >= 15 is 0 Å². The van der Waals surface area contributed by atoms with Crippen molar-refractivity contribution in [1.82, 2.24) is 9.78 Å². The summed E-state index contributed by atoms with van der Waals surface area (Å²) in [6, 6.07) is 4.87. The van der Waals surface area contributed by atoms with Gasteiger partial charge in [-0.2, -0.15) is 5.10 Å². The topological polar surface area (TPSA) is 29.9 Å². The second-order valence-electron chi connectivity index (χ2n) is 5.85. The lowest BCUT2D eigenvalue weighted by atomic mass is 9.96. The zero-order valence-electron chi connectivity index (χ0n) is 12.5. The Morgan fingerprint density at radius 2 is 2.10 bits per heavy atom. The van der Waals surface area contributed by atoms with E-state index in [0.29, 0.717) is 6.04 Å². The minimum absolute atomic E-state index is 0.444. The molecule has 1 aliphatic rings. The lowest BCUT2D eigenvalue weighted by molar-refractivity contribution is 0.475. The highest BCUT2D eigenvalue weighted by molar-refractivity contribution is 7.10. The number of rotatable bonds is 4. The quantitative estimate of drug-likeness (QED) is 0.901. The maximum Gasteiger partial charge on any atom is 0.0828 e. The maximum atomic E-state index is 4.53. The molecule has 1 saturated carbocycles. The van der Waals surface area contributed by atoms with E-state index in [2.05, 4.69) is 41.8 Å². The Morgan fingerprint density at radius 3 is 2.65 bits per heavy atom. The Labute approximate surface area is 125 Å². The van der Waals surface area contributed by atoms with Crippen LogP contribution in [-0.2, 0) is 7.05 Å². The van der Waals surface area contributed by atoms with Gasteiger partial charge in [0.1, 0.15) is 0 Å².